The molecule has 0 bridgehead atoms. The predicted octanol–water partition coefficient (Wildman–Crippen LogP) is 3.10. The van der Waals surface area contributed by atoms with Crippen molar-refractivity contribution in [2.24, 2.45) is 0 Å². The van der Waals surface area contributed by atoms with E-state index in [2.05, 4.69) is 17.0 Å². The first-order valence-corrected chi connectivity index (χ1v) is 9.74. The number of nitrogens with zero attached hydrogens (tertiary/aromatic N) is 2. The molecule has 2 aromatic rings. The number of hydrogen-bond donors (Lipinski definition) is 0. The molecule has 2 aromatic carbocycles. The fourth-order valence-electron chi connectivity index (χ4n) is 2.93. The van der Waals surface area contributed by atoms with Gasteiger partial charge in [0.1, 0.15) is 7.14 Å². The van der Waals surface area contributed by atoms with Crippen molar-refractivity contribution in [2.45, 2.75) is 6.54 Å². The average molecular weight is 330 g/mol. The van der Waals surface area contributed by atoms with Gasteiger partial charge >= 0.3 is 0 Å². The lowest BCUT2D eigenvalue weighted by molar-refractivity contribution is -0.384. The largest absolute Gasteiger partial charge is 0.319 e. The zero-order chi connectivity index (χ0) is 16.3. The maximum atomic E-state index is 13.1. The number of benzene rings is 2. The third-order valence-electron chi connectivity index (χ3n) is 4.33. The van der Waals surface area contributed by atoms with Crippen LogP contribution in [0.1, 0.15) is 5.56 Å². The Morgan fingerprint density at radius 3 is 2.17 bits per heavy atom. The molecule has 23 heavy (non-hydrogen) atoms. The van der Waals surface area contributed by atoms with E-state index < -0.39 is 12.1 Å². The highest BCUT2D eigenvalue weighted by atomic mass is 31.2. The summed E-state index contributed by atoms with van der Waals surface area (Å²) in [5, 5.41) is 11.5. The van der Waals surface area contributed by atoms with E-state index >= 15 is 0 Å². The van der Waals surface area contributed by atoms with Crippen LogP contribution in [0.5, 0.6) is 0 Å². The highest BCUT2D eigenvalue weighted by Crippen LogP contribution is 2.46. The van der Waals surface area contributed by atoms with Crippen molar-refractivity contribution in [1.29, 1.82) is 0 Å². The molecule has 0 unspecified atom stereocenters. The first-order chi connectivity index (χ1) is 11.1. The van der Waals surface area contributed by atoms with Gasteiger partial charge in [-0.15, -0.1) is 0 Å². The number of rotatable bonds is 4. The molecule has 0 saturated carbocycles. The van der Waals surface area contributed by atoms with Gasteiger partial charge in [-0.25, -0.2) is 0 Å². The highest BCUT2D eigenvalue weighted by molar-refractivity contribution is 7.71. The lowest BCUT2D eigenvalue weighted by Crippen LogP contribution is -2.36. The van der Waals surface area contributed by atoms with E-state index in [0.717, 1.165) is 24.9 Å². The van der Waals surface area contributed by atoms with Gasteiger partial charge in [-0.2, -0.15) is 0 Å². The molecule has 0 radical (unpaired) electrons. The van der Waals surface area contributed by atoms with Gasteiger partial charge < -0.3 is 4.57 Å². The Hall–Kier alpha value is -1.97. The van der Waals surface area contributed by atoms with E-state index in [4.69, 9.17) is 0 Å². The van der Waals surface area contributed by atoms with Gasteiger partial charge in [0.15, 0.2) is 0 Å². The topological polar surface area (TPSA) is 63.5 Å². The molecule has 3 rings (SSSR count). The molecule has 0 atom stereocenters. The summed E-state index contributed by atoms with van der Waals surface area (Å²) in [7, 11) is -2.42. The second kappa shape index (κ2) is 6.65. The van der Waals surface area contributed by atoms with Crippen LogP contribution >= 0.6 is 7.14 Å². The first kappa shape index (κ1) is 15.9. The number of nitro benzene ring substituents is 1. The van der Waals surface area contributed by atoms with Gasteiger partial charge in [0.05, 0.1) is 4.92 Å². The maximum Gasteiger partial charge on any atom is 0.269 e. The van der Waals surface area contributed by atoms with E-state index in [1.807, 2.05) is 18.2 Å². The minimum absolute atomic E-state index is 0.0445. The Balaban J connectivity index is 1.65. The maximum absolute atomic E-state index is 13.1. The predicted molar refractivity (Wildman–Crippen MR) is 91.8 cm³/mol. The lowest BCUT2D eigenvalue weighted by Gasteiger charge is -2.32. The summed E-state index contributed by atoms with van der Waals surface area (Å²) in [5.74, 6) is 0. The molecule has 0 aromatic heterocycles. The lowest BCUT2D eigenvalue weighted by atomic mass is 10.2. The van der Waals surface area contributed by atoms with Gasteiger partial charge in [-0.05, 0) is 17.7 Å². The summed E-state index contributed by atoms with van der Waals surface area (Å²) in [4.78, 5) is 12.6. The van der Waals surface area contributed by atoms with Crippen molar-refractivity contribution in [1.82, 2.24) is 4.90 Å². The quantitative estimate of drug-likeness (QED) is 0.491. The zero-order valence-corrected chi connectivity index (χ0v) is 13.7. The normalized spacial score (nSPS) is 17.7. The molecule has 1 aliphatic rings. The number of nitro groups is 1. The summed E-state index contributed by atoms with van der Waals surface area (Å²) < 4.78 is 13.1. The van der Waals surface area contributed by atoms with E-state index in [0.29, 0.717) is 12.3 Å². The third kappa shape index (κ3) is 3.69. The molecule has 1 fully saturated rings. The smallest absolute Gasteiger partial charge is 0.269 e. The van der Waals surface area contributed by atoms with Crippen molar-refractivity contribution >= 4 is 18.1 Å². The fourth-order valence-corrected chi connectivity index (χ4v) is 5.58. The Morgan fingerprint density at radius 1 is 1.00 bits per heavy atom. The monoisotopic (exact) mass is 330 g/mol. The van der Waals surface area contributed by atoms with Gasteiger partial charge in [-0.3, -0.25) is 15.0 Å². The highest BCUT2D eigenvalue weighted by Gasteiger charge is 2.30. The molecule has 1 aliphatic heterocycles. The fraction of sp³-hybridized carbons (Fsp3) is 0.294. The molecule has 0 aliphatic carbocycles. The molecule has 1 saturated heterocycles. The van der Waals surface area contributed by atoms with Gasteiger partial charge in [0.25, 0.3) is 5.69 Å². The Bertz CT molecular complexity index is 719. The summed E-state index contributed by atoms with van der Waals surface area (Å²) >= 11 is 0. The van der Waals surface area contributed by atoms with E-state index in [1.54, 1.807) is 12.1 Å². The zero-order valence-electron chi connectivity index (χ0n) is 12.8. The first-order valence-electron chi connectivity index (χ1n) is 7.66. The van der Waals surface area contributed by atoms with Gasteiger partial charge in [-0.1, -0.05) is 30.3 Å². The van der Waals surface area contributed by atoms with Crippen LogP contribution in [-0.2, 0) is 11.1 Å². The summed E-state index contributed by atoms with van der Waals surface area (Å²) in [6.07, 6.45) is 1.27. The van der Waals surface area contributed by atoms with Crippen LogP contribution in [0.25, 0.3) is 0 Å². The van der Waals surface area contributed by atoms with Crippen LogP contribution in [0, 0.1) is 10.1 Å². The molecule has 0 N–H and O–H groups in total. The molecular formula is C17H19N2O3P. The van der Waals surface area contributed by atoms with Gasteiger partial charge in [0, 0.05) is 49.4 Å². The van der Waals surface area contributed by atoms with Crippen LogP contribution in [0.3, 0.4) is 0 Å². The second-order valence-corrected chi connectivity index (χ2v) is 9.06. The summed E-state index contributed by atoms with van der Waals surface area (Å²) in [6.45, 7) is 2.47. The van der Waals surface area contributed by atoms with Crippen molar-refractivity contribution in [3.05, 3.63) is 70.3 Å². The van der Waals surface area contributed by atoms with Gasteiger partial charge in [0.2, 0.25) is 0 Å². The van der Waals surface area contributed by atoms with Crippen molar-refractivity contribution in [3.63, 3.8) is 0 Å². The van der Waals surface area contributed by atoms with E-state index in [9.17, 15) is 14.7 Å². The SMILES string of the molecule is O=[N+]([O-])c1ccc(P2(=O)CCN(Cc3ccccc3)CC2)cc1. The molecule has 120 valence electrons. The Kier molecular flexibility index (Phi) is 4.60. The minimum Gasteiger partial charge on any atom is -0.319 e. The second-order valence-electron chi connectivity index (χ2n) is 5.87. The van der Waals surface area contributed by atoms with E-state index in [1.165, 1.54) is 17.7 Å². The Morgan fingerprint density at radius 2 is 1.61 bits per heavy atom. The molecule has 0 spiro atoms. The molecule has 6 heteroatoms. The van der Waals surface area contributed by atoms with Crippen LogP contribution < -0.4 is 5.30 Å². The summed E-state index contributed by atoms with van der Waals surface area (Å²) in [5.41, 5.74) is 1.31. The van der Waals surface area contributed by atoms with Crippen LogP contribution in [-0.4, -0.2) is 35.2 Å². The van der Waals surface area contributed by atoms with E-state index in [-0.39, 0.29) is 5.69 Å². The molecule has 5 nitrogen and oxygen atoms in total. The molecule has 1 heterocycles. The average Bonchev–Trinajstić information content (AvgIpc) is 2.58. The van der Waals surface area contributed by atoms with Crippen molar-refractivity contribution < 1.29 is 9.49 Å². The summed E-state index contributed by atoms with van der Waals surface area (Å²) in [6, 6.07) is 16.5. The van der Waals surface area contributed by atoms with Crippen LogP contribution in [0.15, 0.2) is 54.6 Å². The van der Waals surface area contributed by atoms with Crippen LogP contribution in [0.4, 0.5) is 5.69 Å². The van der Waals surface area contributed by atoms with Crippen molar-refractivity contribution in [3.8, 4) is 0 Å². The molecule has 0 amide bonds. The third-order valence-corrected chi connectivity index (χ3v) is 7.42. The Labute approximate surface area is 135 Å². The number of hydrogen-bond acceptors (Lipinski definition) is 4. The van der Waals surface area contributed by atoms with Crippen molar-refractivity contribution in [2.75, 3.05) is 25.4 Å². The van der Waals surface area contributed by atoms with Crippen LogP contribution in [0.2, 0.25) is 0 Å². The number of non-ortho nitro benzene ring substituents is 1. The molecular weight excluding hydrogens is 311 g/mol. The standard InChI is InChI=1S/C17H19N2O3P/c20-19(21)16-6-8-17(9-7-16)23(22)12-10-18(11-13-23)14-15-4-2-1-3-5-15/h1-9H,10-14H2. The minimum atomic E-state index is -2.42.